The van der Waals surface area contributed by atoms with Crippen LogP contribution in [0.4, 0.5) is 10.1 Å². The van der Waals surface area contributed by atoms with Crippen LogP contribution in [-0.4, -0.2) is 72.1 Å². The number of benzene rings is 4. The van der Waals surface area contributed by atoms with Crippen molar-refractivity contribution in [2.24, 2.45) is 22.2 Å². The second-order valence-electron chi connectivity index (χ2n) is 11.9. The molecule has 1 aliphatic heterocycles. The fraction of sp³-hybridized carbons (Fsp3) is 0.243. The van der Waals surface area contributed by atoms with Gasteiger partial charge >= 0.3 is 0 Å². The molecule has 1 unspecified atom stereocenters. The highest BCUT2D eigenvalue weighted by Crippen LogP contribution is 2.34. The summed E-state index contributed by atoms with van der Waals surface area (Å²) >= 11 is 0. The van der Waals surface area contributed by atoms with Crippen molar-refractivity contribution in [3.8, 4) is 28.6 Å². The maximum atomic E-state index is 13.7. The first-order chi connectivity index (χ1) is 24.2. The van der Waals surface area contributed by atoms with Crippen molar-refractivity contribution in [3.63, 3.8) is 0 Å². The molecular formula is C37H39FN8O4. The molecule has 4 aromatic carbocycles. The number of aromatic nitrogens is 2. The number of nitrogens with two attached hydrogens (primary N) is 3. The maximum absolute atomic E-state index is 13.7. The van der Waals surface area contributed by atoms with Gasteiger partial charge in [0, 0.05) is 49.5 Å². The number of piperazine rings is 1. The maximum Gasteiger partial charge on any atom is 0.254 e. The van der Waals surface area contributed by atoms with Crippen LogP contribution in [0.15, 0.2) is 96.0 Å². The Bertz CT molecular complexity index is 2000. The van der Waals surface area contributed by atoms with E-state index in [0.717, 1.165) is 5.69 Å². The lowest BCUT2D eigenvalue weighted by Crippen LogP contribution is -2.48. The highest BCUT2D eigenvalue weighted by Gasteiger charge is 2.27. The molecule has 0 bridgehead atoms. The van der Waals surface area contributed by atoms with Gasteiger partial charge in [0.05, 0.1) is 18.1 Å². The second kappa shape index (κ2) is 15.0. The highest BCUT2D eigenvalue weighted by molar-refractivity contribution is 5.98. The summed E-state index contributed by atoms with van der Waals surface area (Å²) in [5.74, 6) is 1.40. The number of ether oxygens (including phenoxy) is 2. The molecule has 1 atom stereocenters. The van der Waals surface area contributed by atoms with Gasteiger partial charge in [-0.25, -0.2) is 9.37 Å². The number of guanidine groups is 1. The van der Waals surface area contributed by atoms with E-state index < -0.39 is 11.9 Å². The second-order valence-corrected chi connectivity index (χ2v) is 11.9. The molecule has 13 heteroatoms. The van der Waals surface area contributed by atoms with E-state index >= 15 is 0 Å². The summed E-state index contributed by atoms with van der Waals surface area (Å²) in [6, 6.07) is 25.5. The number of carbonyl (C=O) groups excluding carboxylic acids is 2. The van der Waals surface area contributed by atoms with E-state index in [4.69, 9.17) is 31.7 Å². The lowest BCUT2D eigenvalue weighted by molar-refractivity contribution is -0.121. The molecule has 0 radical (unpaired) electrons. The summed E-state index contributed by atoms with van der Waals surface area (Å²) in [5.41, 5.74) is 20.3. The third-order valence-electron chi connectivity index (χ3n) is 8.65. The molecule has 1 aromatic heterocycles. The van der Waals surface area contributed by atoms with Crippen LogP contribution in [0.1, 0.15) is 29.2 Å². The molecule has 12 nitrogen and oxygen atoms in total. The van der Waals surface area contributed by atoms with Crippen molar-refractivity contribution >= 4 is 34.5 Å². The first kappa shape index (κ1) is 33.8. The fourth-order valence-corrected chi connectivity index (χ4v) is 6.12. The number of methoxy groups -OCH3 is 1. The lowest BCUT2D eigenvalue weighted by Gasteiger charge is -2.36. The number of rotatable bonds is 12. The molecular weight excluding hydrogens is 639 g/mol. The van der Waals surface area contributed by atoms with Gasteiger partial charge in [0.25, 0.3) is 5.91 Å². The lowest BCUT2D eigenvalue weighted by atomic mass is 10.1. The van der Waals surface area contributed by atoms with Crippen molar-refractivity contribution in [1.29, 1.82) is 0 Å². The van der Waals surface area contributed by atoms with Crippen LogP contribution in [0.5, 0.6) is 17.2 Å². The van der Waals surface area contributed by atoms with E-state index in [0.29, 0.717) is 90.8 Å². The van der Waals surface area contributed by atoms with Gasteiger partial charge < -0.3 is 41.0 Å². The quantitative estimate of drug-likeness (QED) is 0.0971. The Morgan fingerprint density at radius 1 is 0.880 bits per heavy atom. The largest absolute Gasteiger partial charge is 0.497 e. The van der Waals surface area contributed by atoms with Gasteiger partial charge in [-0.1, -0.05) is 12.1 Å². The number of amides is 2. The molecule has 0 aliphatic carbocycles. The minimum Gasteiger partial charge on any atom is -0.497 e. The van der Waals surface area contributed by atoms with Crippen molar-refractivity contribution < 1.29 is 23.5 Å². The van der Waals surface area contributed by atoms with Crippen molar-refractivity contribution in [2.75, 3.05) is 44.7 Å². The first-order valence-corrected chi connectivity index (χ1v) is 16.3. The van der Waals surface area contributed by atoms with E-state index in [-0.39, 0.29) is 17.7 Å². The summed E-state index contributed by atoms with van der Waals surface area (Å²) in [4.78, 5) is 39.7. The zero-order valence-electron chi connectivity index (χ0n) is 27.7. The molecule has 0 saturated carbocycles. The zero-order chi connectivity index (χ0) is 35.2. The highest BCUT2D eigenvalue weighted by atomic mass is 19.1. The summed E-state index contributed by atoms with van der Waals surface area (Å²) in [5, 5.41) is 0. The zero-order valence-corrected chi connectivity index (χ0v) is 27.7. The van der Waals surface area contributed by atoms with E-state index in [1.165, 1.54) is 12.1 Å². The van der Waals surface area contributed by atoms with Crippen LogP contribution in [0, 0.1) is 5.82 Å². The smallest absolute Gasteiger partial charge is 0.254 e. The summed E-state index contributed by atoms with van der Waals surface area (Å²) in [6.07, 6.45) is 0.845. The van der Waals surface area contributed by atoms with E-state index in [2.05, 4.69) is 9.89 Å². The molecule has 1 fully saturated rings. The number of hydrogen-bond donors (Lipinski definition) is 3. The Morgan fingerprint density at radius 2 is 1.60 bits per heavy atom. The van der Waals surface area contributed by atoms with Gasteiger partial charge in [-0.05, 0) is 91.7 Å². The third kappa shape index (κ3) is 7.62. The number of imidazole rings is 1. The number of nitrogens with zero attached hydrogens (tertiary/aromatic N) is 5. The molecule has 1 aliphatic rings. The van der Waals surface area contributed by atoms with E-state index in [9.17, 15) is 14.0 Å². The third-order valence-corrected chi connectivity index (χ3v) is 8.65. The van der Waals surface area contributed by atoms with Gasteiger partial charge in [0.1, 0.15) is 34.9 Å². The molecule has 2 heterocycles. The number of anilines is 1. The fourth-order valence-electron chi connectivity index (χ4n) is 6.12. The predicted octanol–water partition coefficient (Wildman–Crippen LogP) is 4.69. The van der Waals surface area contributed by atoms with Crippen molar-refractivity contribution in [3.05, 3.63) is 102 Å². The number of hydrogen-bond acceptors (Lipinski definition) is 7. The standard InChI is InChI=1S/C37H39FN8O4/c1-49-28-12-14-29(15-13-28)50-30-5-2-4-24(22-30)35-43-31-23-25(7-16-32(31)46(35)33(34(39)47)6-3-17-42-37(40)41)36(48)45-20-18-44(19-21-45)27-10-8-26(38)9-11-27/h2,4-5,7-16,22-23,33H,3,6,17-21H2,1H3,(H2,39,47)(H4,40,41,42). The molecule has 6 N–H and O–H groups in total. The van der Waals surface area contributed by atoms with E-state index in [1.54, 1.807) is 42.3 Å². The Kier molecular flexibility index (Phi) is 10.1. The SMILES string of the molecule is COc1ccc(Oc2cccc(-c3nc4cc(C(=O)N5CCN(c6ccc(F)cc6)CC5)ccc4n3C(CCCN=C(N)N)C(N)=O)c2)cc1. The number of primary amides is 1. The number of carbonyl (C=O) groups is 2. The average Bonchev–Trinajstić information content (AvgIpc) is 3.50. The number of fused-ring (bicyclic) bond motifs is 1. The summed E-state index contributed by atoms with van der Waals surface area (Å²) < 4.78 is 26.6. The molecule has 50 heavy (non-hydrogen) atoms. The molecule has 5 aromatic rings. The number of halogens is 1. The van der Waals surface area contributed by atoms with Gasteiger partial charge in [0.15, 0.2) is 5.96 Å². The van der Waals surface area contributed by atoms with Gasteiger partial charge in [0.2, 0.25) is 5.91 Å². The Hall–Kier alpha value is -6.11. The molecule has 0 spiro atoms. The summed E-state index contributed by atoms with van der Waals surface area (Å²) in [7, 11) is 1.60. The Labute approximate surface area is 288 Å². The topological polar surface area (TPSA) is 167 Å². The Balaban J connectivity index is 1.31. The van der Waals surface area contributed by atoms with Crippen LogP contribution in [0.2, 0.25) is 0 Å². The van der Waals surface area contributed by atoms with Crippen LogP contribution in [0.3, 0.4) is 0 Å². The van der Waals surface area contributed by atoms with Crippen LogP contribution < -0.4 is 31.6 Å². The number of aliphatic imine (C=N–C) groups is 1. The normalized spacial score (nSPS) is 13.6. The minimum absolute atomic E-state index is 0.0304. The molecule has 1 saturated heterocycles. The van der Waals surface area contributed by atoms with Crippen molar-refractivity contribution in [2.45, 2.75) is 18.9 Å². The monoisotopic (exact) mass is 678 g/mol. The van der Waals surface area contributed by atoms with Gasteiger partial charge in [-0.2, -0.15) is 0 Å². The molecule has 6 rings (SSSR count). The van der Waals surface area contributed by atoms with Crippen LogP contribution in [-0.2, 0) is 4.79 Å². The van der Waals surface area contributed by atoms with Gasteiger partial charge in [-0.3, -0.25) is 14.6 Å². The predicted molar refractivity (Wildman–Crippen MR) is 191 cm³/mol. The average molecular weight is 679 g/mol. The summed E-state index contributed by atoms with van der Waals surface area (Å²) in [6.45, 7) is 2.58. The Morgan fingerprint density at radius 3 is 2.28 bits per heavy atom. The van der Waals surface area contributed by atoms with E-state index in [1.807, 2.05) is 53.1 Å². The van der Waals surface area contributed by atoms with Crippen LogP contribution in [0.25, 0.3) is 22.4 Å². The van der Waals surface area contributed by atoms with Gasteiger partial charge in [-0.15, -0.1) is 0 Å². The minimum atomic E-state index is -0.781. The van der Waals surface area contributed by atoms with Crippen molar-refractivity contribution in [1.82, 2.24) is 14.5 Å². The van der Waals surface area contributed by atoms with Crippen LogP contribution >= 0.6 is 0 Å². The first-order valence-electron chi connectivity index (χ1n) is 16.3. The molecule has 258 valence electrons. The molecule has 2 amide bonds.